The summed E-state index contributed by atoms with van der Waals surface area (Å²) < 4.78 is 0. The van der Waals surface area contributed by atoms with Gasteiger partial charge in [-0.3, -0.25) is 14.4 Å². The van der Waals surface area contributed by atoms with Crippen molar-refractivity contribution in [2.45, 2.75) is 26.7 Å². The van der Waals surface area contributed by atoms with Gasteiger partial charge in [-0.1, -0.05) is 12.1 Å². The number of piperidine rings is 1. The number of nitrogens with two attached hydrogens (primary N) is 1. The largest absolute Gasteiger partial charge is 0.369 e. The molecule has 2 rings (SSSR count). The Morgan fingerprint density at radius 3 is 2.50 bits per heavy atom. The fourth-order valence-corrected chi connectivity index (χ4v) is 3.20. The number of benzene rings is 1. The van der Waals surface area contributed by atoms with Crippen molar-refractivity contribution in [3.05, 3.63) is 29.3 Å². The smallest absolute Gasteiger partial charge is 0.277 e. The molecule has 0 bridgehead atoms. The summed E-state index contributed by atoms with van der Waals surface area (Å²) in [5.41, 5.74) is 8.16. The van der Waals surface area contributed by atoms with E-state index in [0.29, 0.717) is 6.54 Å². The van der Waals surface area contributed by atoms with Gasteiger partial charge in [0.1, 0.15) is 0 Å². The lowest BCUT2D eigenvalue weighted by Gasteiger charge is -2.28. The van der Waals surface area contributed by atoms with Crippen molar-refractivity contribution in [1.29, 1.82) is 0 Å². The van der Waals surface area contributed by atoms with Crippen molar-refractivity contribution in [3.8, 4) is 0 Å². The molecule has 7 nitrogen and oxygen atoms in total. The van der Waals surface area contributed by atoms with E-state index in [0.717, 1.165) is 47.6 Å². The third kappa shape index (κ3) is 5.56. The summed E-state index contributed by atoms with van der Waals surface area (Å²) in [6.07, 6.45) is 1.43. The molecule has 1 saturated heterocycles. The fourth-order valence-electron chi connectivity index (χ4n) is 3.20. The zero-order valence-electron chi connectivity index (χ0n) is 15.8. The molecule has 4 N–H and O–H groups in total. The Balaban J connectivity index is 1.80. The highest BCUT2D eigenvalue weighted by atomic mass is 16.2. The second kappa shape index (κ2) is 8.80. The van der Waals surface area contributed by atoms with E-state index in [1.54, 1.807) is 7.05 Å². The number of hydrogen-bond acceptors (Lipinski definition) is 3. The van der Waals surface area contributed by atoms with Crippen LogP contribution in [0.25, 0.3) is 0 Å². The van der Waals surface area contributed by atoms with Gasteiger partial charge in [-0.25, -0.2) is 0 Å². The van der Waals surface area contributed by atoms with Crippen LogP contribution in [0, 0.1) is 19.8 Å². The van der Waals surface area contributed by atoms with Gasteiger partial charge in [-0.2, -0.15) is 0 Å². The van der Waals surface area contributed by atoms with E-state index in [2.05, 4.69) is 5.32 Å². The summed E-state index contributed by atoms with van der Waals surface area (Å²) in [7, 11) is 1.64. The maximum Gasteiger partial charge on any atom is 0.277 e. The van der Waals surface area contributed by atoms with E-state index in [9.17, 15) is 14.4 Å². The summed E-state index contributed by atoms with van der Waals surface area (Å²) in [4.78, 5) is 38.4. The number of primary amides is 1. The number of nitrogens with one attached hydrogen (secondary N) is 2. The quantitative estimate of drug-likeness (QED) is 0.636. The van der Waals surface area contributed by atoms with Crippen LogP contribution in [-0.2, 0) is 14.4 Å². The Morgan fingerprint density at radius 1 is 1.23 bits per heavy atom. The van der Waals surface area contributed by atoms with Crippen LogP contribution in [0.4, 0.5) is 5.69 Å². The number of nitrogens with zero attached hydrogens (tertiary/aromatic N) is 1. The van der Waals surface area contributed by atoms with Crippen molar-refractivity contribution < 1.29 is 19.3 Å². The van der Waals surface area contributed by atoms with Gasteiger partial charge in [-0.15, -0.1) is 0 Å². The first-order valence-electron chi connectivity index (χ1n) is 9.00. The zero-order chi connectivity index (χ0) is 19.3. The van der Waals surface area contributed by atoms with Gasteiger partial charge in [0.2, 0.25) is 11.8 Å². The zero-order valence-corrected chi connectivity index (χ0v) is 15.8. The van der Waals surface area contributed by atoms with E-state index in [-0.39, 0.29) is 30.2 Å². The van der Waals surface area contributed by atoms with E-state index in [4.69, 9.17) is 5.73 Å². The third-order valence-corrected chi connectivity index (χ3v) is 4.97. The predicted molar refractivity (Wildman–Crippen MR) is 99.7 cm³/mol. The first kappa shape index (κ1) is 19.9. The predicted octanol–water partition coefficient (Wildman–Crippen LogP) is -0.519. The van der Waals surface area contributed by atoms with Crippen LogP contribution >= 0.6 is 0 Å². The summed E-state index contributed by atoms with van der Waals surface area (Å²) in [5, 5.41) is 2.87. The molecule has 1 aliphatic rings. The second-order valence-corrected chi connectivity index (χ2v) is 7.22. The minimum atomic E-state index is -0.254. The molecular weight excluding hydrogens is 332 g/mol. The summed E-state index contributed by atoms with van der Waals surface area (Å²) >= 11 is 0. The molecule has 0 unspecified atom stereocenters. The average molecular weight is 361 g/mol. The second-order valence-electron chi connectivity index (χ2n) is 7.22. The molecule has 1 aliphatic heterocycles. The number of quaternary nitrogens is 1. The molecular formula is C19H29N4O3+. The van der Waals surface area contributed by atoms with Crippen LogP contribution in [0.3, 0.4) is 0 Å². The van der Waals surface area contributed by atoms with Gasteiger partial charge in [0, 0.05) is 31.5 Å². The van der Waals surface area contributed by atoms with Gasteiger partial charge >= 0.3 is 0 Å². The lowest BCUT2D eigenvalue weighted by molar-refractivity contribution is -0.898. The molecule has 0 aromatic heterocycles. The normalized spacial score (nSPS) is 19.7. The standard InChI is InChI=1S/C19H28N4O3/c1-13-4-5-14(2)16(10-13)21-17(24)11-22(3)18(25)12-23-8-6-15(7-9-23)19(20)26/h4-5,10,15H,6-9,11-12H2,1-3H3,(H2,20,26)(H,21,24)/p+1. The molecule has 142 valence electrons. The number of carbonyl (C=O) groups is 3. The number of aryl methyl sites for hydroxylation is 2. The highest BCUT2D eigenvalue weighted by Crippen LogP contribution is 2.16. The maximum absolute atomic E-state index is 12.4. The molecule has 1 aromatic carbocycles. The van der Waals surface area contributed by atoms with Gasteiger partial charge < -0.3 is 20.9 Å². The topological polar surface area (TPSA) is 96.9 Å². The van der Waals surface area contributed by atoms with Gasteiger partial charge in [0.15, 0.2) is 6.54 Å². The van der Waals surface area contributed by atoms with Crippen LogP contribution in [0.2, 0.25) is 0 Å². The molecule has 0 spiro atoms. The van der Waals surface area contributed by atoms with E-state index < -0.39 is 0 Å². The summed E-state index contributed by atoms with van der Waals surface area (Å²) in [6.45, 7) is 5.75. The molecule has 0 radical (unpaired) electrons. The maximum atomic E-state index is 12.4. The lowest BCUT2D eigenvalue weighted by atomic mass is 9.96. The monoisotopic (exact) mass is 361 g/mol. The minimum Gasteiger partial charge on any atom is -0.369 e. The number of amides is 3. The minimum absolute atomic E-state index is 0.0173. The van der Waals surface area contributed by atoms with Crippen molar-refractivity contribution in [1.82, 2.24) is 4.90 Å². The van der Waals surface area contributed by atoms with Gasteiger partial charge in [-0.05, 0) is 31.0 Å². The van der Waals surface area contributed by atoms with Crippen LogP contribution in [0.15, 0.2) is 18.2 Å². The molecule has 1 aromatic rings. The Labute approximate surface area is 154 Å². The highest BCUT2D eigenvalue weighted by Gasteiger charge is 2.28. The third-order valence-electron chi connectivity index (χ3n) is 4.97. The first-order chi connectivity index (χ1) is 12.3. The van der Waals surface area contributed by atoms with Gasteiger partial charge in [0.25, 0.3) is 5.91 Å². The van der Waals surface area contributed by atoms with E-state index in [1.165, 1.54) is 4.90 Å². The number of rotatable bonds is 6. The molecule has 3 amide bonds. The van der Waals surface area contributed by atoms with E-state index in [1.807, 2.05) is 32.0 Å². The molecule has 26 heavy (non-hydrogen) atoms. The fraction of sp³-hybridized carbons (Fsp3) is 0.526. The number of anilines is 1. The Morgan fingerprint density at radius 2 is 1.88 bits per heavy atom. The number of hydrogen-bond donors (Lipinski definition) is 3. The molecule has 0 saturated carbocycles. The first-order valence-corrected chi connectivity index (χ1v) is 9.00. The van der Waals surface area contributed by atoms with Crippen molar-refractivity contribution in [3.63, 3.8) is 0 Å². The van der Waals surface area contributed by atoms with Crippen LogP contribution < -0.4 is 16.0 Å². The van der Waals surface area contributed by atoms with Crippen LogP contribution in [0.1, 0.15) is 24.0 Å². The van der Waals surface area contributed by atoms with Crippen LogP contribution in [-0.4, -0.2) is 55.8 Å². The summed E-state index contributed by atoms with van der Waals surface area (Å²) in [5.74, 6) is -0.615. The Hall–Kier alpha value is -2.41. The van der Waals surface area contributed by atoms with Crippen molar-refractivity contribution >= 4 is 23.4 Å². The number of likely N-dealkylation sites (tertiary alicyclic amines) is 1. The lowest BCUT2D eigenvalue weighted by Crippen LogP contribution is -3.14. The van der Waals surface area contributed by atoms with Crippen molar-refractivity contribution in [2.24, 2.45) is 11.7 Å². The molecule has 7 heteroatoms. The van der Waals surface area contributed by atoms with Crippen LogP contribution in [0.5, 0.6) is 0 Å². The van der Waals surface area contributed by atoms with Gasteiger partial charge in [0.05, 0.1) is 19.6 Å². The Kier molecular flexibility index (Phi) is 6.74. The molecule has 1 heterocycles. The number of likely N-dealkylation sites (N-methyl/N-ethyl adjacent to an activating group) is 1. The van der Waals surface area contributed by atoms with E-state index >= 15 is 0 Å². The SMILES string of the molecule is Cc1ccc(C)c(NC(=O)CN(C)C(=O)C[NH+]2CCC(C(N)=O)CC2)c1. The number of carbonyl (C=O) groups excluding carboxylic acids is 3. The highest BCUT2D eigenvalue weighted by molar-refractivity contribution is 5.95. The Bertz CT molecular complexity index is 681. The molecule has 0 aliphatic carbocycles. The average Bonchev–Trinajstić information content (AvgIpc) is 2.58. The molecule has 1 fully saturated rings. The summed E-state index contributed by atoms with van der Waals surface area (Å²) in [6, 6.07) is 5.87. The van der Waals surface area contributed by atoms with Crippen molar-refractivity contribution in [2.75, 3.05) is 38.5 Å². The molecule has 0 atom stereocenters.